The number of ether oxygens (including phenoxy) is 4. The summed E-state index contributed by atoms with van der Waals surface area (Å²) in [7, 11) is 1.62. The van der Waals surface area contributed by atoms with Gasteiger partial charge in [-0.15, -0.1) is 6.58 Å². The van der Waals surface area contributed by atoms with Gasteiger partial charge in [-0.25, -0.2) is 4.79 Å². The Balaban J connectivity index is 2.29. The molecular weight excluding hydrogens is 390 g/mol. The number of methoxy groups -OCH3 is 1. The minimum absolute atomic E-state index is 0.123. The normalized spacial score (nSPS) is 17.1. The average molecular weight is 422 g/mol. The van der Waals surface area contributed by atoms with E-state index in [4.69, 9.17) is 31.2 Å². The lowest BCUT2D eigenvalue weighted by atomic mass is 10.0. The summed E-state index contributed by atoms with van der Waals surface area (Å²) in [6.45, 7) is 10.0. The molecular formula is C22H31NO5S. The lowest BCUT2D eigenvalue weighted by Crippen LogP contribution is -2.49. The first-order valence-corrected chi connectivity index (χ1v) is 10.2. The summed E-state index contributed by atoms with van der Waals surface area (Å²) in [4.78, 5) is 14.8. The summed E-state index contributed by atoms with van der Waals surface area (Å²) in [6, 6.07) is 7.38. The number of hydrogen-bond acceptors (Lipinski definition) is 6. The van der Waals surface area contributed by atoms with Gasteiger partial charge in [0.15, 0.2) is 6.10 Å². The summed E-state index contributed by atoms with van der Waals surface area (Å²) in [6.07, 6.45) is 3.58. The molecule has 1 amide bonds. The number of rotatable bonds is 9. The molecule has 0 spiro atoms. The first-order valence-electron chi connectivity index (χ1n) is 9.80. The van der Waals surface area contributed by atoms with Crippen molar-refractivity contribution in [3.63, 3.8) is 0 Å². The van der Waals surface area contributed by atoms with E-state index in [-0.39, 0.29) is 17.4 Å². The monoisotopic (exact) mass is 421 g/mol. The van der Waals surface area contributed by atoms with Crippen LogP contribution in [0, 0.1) is 0 Å². The minimum Gasteiger partial charge on any atom is -0.497 e. The molecule has 29 heavy (non-hydrogen) atoms. The highest BCUT2D eigenvalue weighted by atomic mass is 32.1. The van der Waals surface area contributed by atoms with Crippen molar-refractivity contribution in [1.29, 1.82) is 0 Å². The number of allylic oxidation sites excluding steroid dienone is 1. The van der Waals surface area contributed by atoms with E-state index in [2.05, 4.69) is 6.58 Å². The van der Waals surface area contributed by atoms with Gasteiger partial charge in [0.1, 0.15) is 18.0 Å². The van der Waals surface area contributed by atoms with Crippen LogP contribution in [0.3, 0.4) is 0 Å². The van der Waals surface area contributed by atoms with Gasteiger partial charge in [-0.3, -0.25) is 4.90 Å². The highest BCUT2D eigenvalue weighted by Crippen LogP contribution is 2.25. The molecule has 0 aliphatic carbocycles. The largest absolute Gasteiger partial charge is 0.497 e. The van der Waals surface area contributed by atoms with E-state index in [1.54, 1.807) is 12.0 Å². The highest BCUT2D eigenvalue weighted by Gasteiger charge is 2.38. The molecule has 1 aliphatic heterocycles. The SMILES string of the molecule is C=CCCC[C@@H]([C@H]1COC(=S)O1)N(Cc1ccc(OC)cc1)C(=O)OC(C)(C)C. The van der Waals surface area contributed by atoms with E-state index < -0.39 is 11.7 Å². The smallest absolute Gasteiger partial charge is 0.410 e. The van der Waals surface area contributed by atoms with Gasteiger partial charge in [0.2, 0.25) is 0 Å². The average Bonchev–Trinajstić information content (AvgIpc) is 3.09. The topological polar surface area (TPSA) is 57.2 Å². The van der Waals surface area contributed by atoms with Gasteiger partial charge in [0, 0.05) is 18.8 Å². The number of thiocarbonyl (C=S) groups is 1. The van der Waals surface area contributed by atoms with E-state index >= 15 is 0 Å². The first-order chi connectivity index (χ1) is 13.7. The van der Waals surface area contributed by atoms with Crippen LogP contribution in [0.4, 0.5) is 4.79 Å². The van der Waals surface area contributed by atoms with E-state index in [9.17, 15) is 4.79 Å². The van der Waals surface area contributed by atoms with Crippen LogP contribution >= 0.6 is 12.2 Å². The van der Waals surface area contributed by atoms with Crippen molar-refractivity contribution in [2.45, 2.75) is 64.3 Å². The minimum atomic E-state index is -0.608. The second kappa shape index (κ2) is 10.5. The standard InChI is InChI=1S/C22H31NO5S/c1-6-7-8-9-18(19-15-26-21(29)27-19)23(20(24)28-22(2,3)4)14-16-10-12-17(25-5)13-11-16/h6,10-13,18-19H,1,7-9,14-15H2,2-5H3/t18-,19+/m0/s1. The summed E-state index contributed by atoms with van der Waals surface area (Å²) < 4.78 is 22.0. The molecule has 0 saturated carbocycles. The Morgan fingerprint density at radius 1 is 1.38 bits per heavy atom. The molecule has 160 valence electrons. The number of carbonyl (C=O) groups excluding carboxylic acids is 1. The van der Waals surface area contributed by atoms with Crippen molar-refractivity contribution in [3.8, 4) is 5.75 Å². The van der Waals surface area contributed by atoms with Gasteiger partial charge in [-0.2, -0.15) is 0 Å². The zero-order valence-electron chi connectivity index (χ0n) is 17.7. The number of hydrogen-bond donors (Lipinski definition) is 0. The number of nitrogens with zero attached hydrogens (tertiary/aromatic N) is 1. The van der Waals surface area contributed by atoms with Crippen LogP contribution in [0.25, 0.3) is 0 Å². The Morgan fingerprint density at radius 3 is 2.59 bits per heavy atom. The lowest BCUT2D eigenvalue weighted by molar-refractivity contribution is -0.00383. The molecule has 1 heterocycles. The maximum Gasteiger partial charge on any atom is 0.410 e. The fourth-order valence-electron chi connectivity index (χ4n) is 3.11. The van der Waals surface area contributed by atoms with Gasteiger partial charge in [0.05, 0.1) is 13.2 Å². The van der Waals surface area contributed by atoms with Gasteiger partial charge >= 0.3 is 11.3 Å². The van der Waals surface area contributed by atoms with Gasteiger partial charge in [0.25, 0.3) is 0 Å². The molecule has 0 radical (unpaired) electrons. The Bertz CT molecular complexity index is 698. The Labute approximate surface area is 178 Å². The molecule has 1 aromatic rings. The van der Waals surface area contributed by atoms with Crippen molar-refractivity contribution in [1.82, 2.24) is 4.90 Å². The second-order valence-electron chi connectivity index (χ2n) is 7.96. The maximum absolute atomic E-state index is 13.1. The van der Waals surface area contributed by atoms with Crippen LogP contribution in [-0.4, -0.2) is 47.7 Å². The van der Waals surface area contributed by atoms with Gasteiger partial charge in [-0.1, -0.05) is 18.2 Å². The van der Waals surface area contributed by atoms with E-state index in [1.165, 1.54) is 0 Å². The zero-order chi connectivity index (χ0) is 21.4. The molecule has 1 saturated heterocycles. The molecule has 0 N–H and O–H groups in total. The quantitative estimate of drug-likeness (QED) is 0.322. The number of benzene rings is 1. The van der Waals surface area contributed by atoms with Crippen LogP contribution in [-0.2, 0) is 20.8 Å². The van der Waals surface area contributed by atoms with Crippen LogP contribution in [0.1, 0.15) is 45.6 Å². The molecule has 0 aromatic heterocycles. The van der Waals surface area contributed by atoms with Crippen molar-refractivity contribution in [2.24, 2.45) is 0 Å². The van der Waals surface area contributed by atoms with Crippen molar-refractivity contribution in [3.05, 3.63) is 42.5 Å². The second-order valence-corrected chi connectivity index (χ2v) is 8.29. The Hall–Kier alpha value is -2.28. The Kier molecular flexibility index (Phi) is 8.32. The van der Waals surface area contributed by atoms with Crippen LogP contribution < -0.4 is 4.74 Å². The molecule has 2 rings (SSSR count). The first kappa shape index (κ1) is 23.0. The van der Waals surface area contributed by atoms with Crippen molar-refractivity contribution >= 4 is 23.5 Å². The fraction of sp³-hybridized carbons (Fsp3) is 0.545. The van der Waals surface area contributed by atoms with E-state index in [0.29, 0.717) is 13.2 Å². The predicted molar refractivity (Wildman–Crippen MR) is 116 cm³/mol. The predicted octanol–water partition coefficient (Wildman–Crippen LogP) is 4.86. The van der Waals surface area contributed by atoms with E-state index in [0.717, 1.165) is 30.6 Å². The third-order valence-corrected chi connectivity index (χ3v) is 4.70. The third kappa shape index (κ3) is 7.24. The van der Waals surface area contributed by atoms with Crippen LogP contribution in [0.2, 0.25) is 0 Å². The highest BCUT2D eigenvalue weighted by molar-refractivity contribution is 7.79. The molecule has 1 aromatic carbocycles. The molecule has 1 fully saturated rings. The van der Waals surface area contributed by atoms with Crippen molar-refractivity contribution in [2.75, 3.05) is 13.7 Å². The Morgan fingerprint density at radius 2 is 2.07 bits per heavy atom. The lowest BCUT2D eigenvalue weighted by Gasteiger charge is -2.35. The molecule has 7 heteroatoms. The molecule has 6 nitrogen and oxygen atoms in total. The van der Waals surface area contributed by atoms with E-state index in [1.807, 2.05) is 51.1 Å². The number of amides is 1. The molecule has 2 atom stereocenters. The summed E-state index contributed by atoms with van der Waals surface area (Å²) >= 11 is 5.04. The molecule has 0 bridgehead atoms. The summed E-state index contributed by atoms with van der Waals surface area (Å²) in [5.41, 5.74) is 0.357. The zero-order valence-corrected chi connectivity index (χ0v) is 18.5. The third-order valence-electron chi connectivity index (χ3n) is 4.49. The van der Waals surface area contributed by atoms with Crippen LogP contribution in [0.5, 0.6) is 5.75 Å². The molecule has 1 aliphatic rings. The number of unbranched alkanes of at least 4 members (excludes halogenated alkanes) is 1. The fourth-order valence-corrected chi connectivity index (χ4v) is 3.30. The van der Waals surface area contributed by atoms with Gasteiger partial charge in [-0.05, 0) is 57.7 Å². The molecule has 0 unspecified atom stereocenters. The number of carbonyl (C=O) groups is 1. The van der Waals surface area contributed by atoms with Crippen molar-refractivity contribution < 1.29 is 23.7 Å². The summed E-state index contributed by atoms with van der Waals surface area (Å²) in [5.74, 6) is 0.762. The summed E-state index contributed by atoms with van der Waals surface area (Å²) in [5, 5.41) is 0.123. The van der Waals surface area contributed by atoms with Gasteiger partial charge < -0.3 is 18.9 Å². The maximum atomic E-state index is 13.1. The van der Waals surface area contributed by atoms with Crippen LogP contribution in [0.15, 0.2) is 36.9 Å².